The monoisotopic (exact) mass is 480 g/mol. The summed E-state index contributed by atoms with van der Waals surface area (Å²) in [5.74, 6) is 1.52. The van der Waals surface area contributed by atoms with Gasteiger partial charge in [0.25, 0.3) is 5.91 Å². The van der Waals surface area contributed by atoms with Crippen LogP contribution in [-0.2, 0) is 4.79 Å². The molecule has 4 aromatic rings. The Morgan fingerprint density at radius 1 is 1.00 bits per heavy atom. The van der Waals surface area contributed by atoms with Crippen LogP contribution in [0, 0.1) is 0 Å². The fourth-order valence-corrected chi connectivity index (χ4v) is 4.36. The lowest BCUT2D eigenvalue weighted by atomic mass is 9.95. The zero-order chi connectivity index (χ0) is 25.2. The van der Waals surface area contributed by atoms with Crippen molar-refractivity contribution < 1.29 is 9.53 Å². The van der Waals surface area contributed by atoms with E-state index < -0.39 is 6.04 Å². The molecule has 2 N–H and O–H groups in total. The molecule has 182 valence electrons. The Kier molecular flexibility index (Phi) is 6.16. The molecule has 0 saturated heterocycles. The van der Waals surface area contributed by atoms with E-state index >= 15 is 0 Å². The van der Waals surface area contributed by atoms with E-state index in [1.807, 2.05) is 105 Å². The van der Waals surface area contributed by atoms with Crippen molar-refractivity contribution >= 4 is 23.2 Å². The Labute approximate surface area is 210 Å². The van der Waals surface area contributed by atoms with Crippen molar-refractivity contribution in [3.05, 3.63) is 95.7 Å². The fraction of sp³-hybridized carbons (Fsp3) is 0.179. The first-order chi connectivity index (χ1) is 17.5. The third-order valence-corrected chi connectivity index (χ3v) is 6.21. The van der Waals surface area contributed by atoms with Crippen molar-refractivity contribution in [3.8, 4) is 17.1 Å². The number of hydrogen-bond acceptors (Lipinski definition) is 6. The van der Waals surface area contributed by atoms with Crippen LogP contribution in [0.3, 0.4) is 0 Å². The van der Waals surface area contributed by atoms with Crippen LogP contribution >= 0.6 is 0 Å². The molecule has 8 heteroatoms. The molecular formula is C28H28N6O2. The van der Waals surface area contributed by atoms with Gasteiger partial charge in [-0.3, -0.25) is 4.79 Å². The van der Waals surface area contributed by atoms with Gasteiger partial charge in [-0.05, 0) is 48.9 Å². The standard InChI is InChI=1S/C28H28N6O2/c1-18-24(27(35)30-22-12-8-9-13-23(22)36-4)25(19-10-6-5-7-11-19)34-28(29-18)31-26(32-34)20-14-16-21(17-15-20)33(2)3/h5-17,25H,1-4H3,(H,30,35)(H,29,31,32). The second kappa shape index (κ2) is 9.58. The third kappa shape index (κ3) is 4.29. The lowest BCUT2D eigenvalue weighted by Crippen LogP contribution is -2.31. The van der Waals surface area contributed by atoms with Crippen LogP contribution in [0.15, 0.2) is 90.1 Å². The van der Waals surface area contributed by atoms with Gasteiger partial charge >= 0.3 is 0 Å². The van der Waals surface area contributed by atoms with E-state index in [-0.39, 0.29) is 5.91 Å². The number of rotatable bonds is 6. The largest absolute Gasteiger partial charge is 0.495 e. The van der Waals surface area contributed by atoms with Crippen LogP contribution < -0.4 is 20.3 Å². The first-order valence-electron chi connectivity index (χ1n) is 11.7. The summed E-state index contributed by atoms with van der Waals surface area (Å²) in [6, 6.07) is 24.8. The Morgan fingerprint density at radius 2 is 1.69 bits per heavy atom. The number of carbonyl (C=O) groups excluding carboxylic acids is 1. The van der Waals surface area contributed by atoms with Crippen LogP contribution in [0.4, 0.5) is 17.3 Å². The van der Waals surface area contributed by atoms with E-state index in [9.17, 15) is 4.79 Å². The van der Waals surface area contributed by atoms with Gasteiger partial charge in [-0.15, -0.1) is 5.10 Å². The highest BCUT2D eigenvalue weighted by Gasteiger charge is 2.34. The Hall–Kier alpha value is -4.59. The molecule has 1 aliphatic heterocycles. The molecule has 0 fully saturated rings. The maximum atomic E-state index is 13.7. The first-order valence-corrected chi connectivity index (χ1v) is 11.7. The zero-order valence-corrected chi connectivity index (χ0v) is 20.7. The zero-order valence-electron chi connectivity index (χ0n) is 20.7. The summed E-state index contributed by atoms with van der Waals surface area (Å²) in [6.45, 7) is 1.89. The van der Waals surface area contributed by atoms with E-state index in [0.717, 1.165) is 16.8 Å². The minimum Gasteiger partial charge on any atom is -0.495 e. The molecule has 0 aliphatic carbocycles. The highest BCUT2D eigenvalue weighted by atomic mass is 16.5. The van der Waals surface area contributed by atoms with Crippen LogP contribution in [0.5, 0.6) is 5.75 Å². The average molecular weight is 481 g/mol. The fourth-order valence-electron chi connectivity index (χ4n) is 4.36. The van der Waals surface area contributed by atoms with Crippen molar-refractivity contribution in [1.29, 1.82) is 0 Å². The molecule has 0 radical (unpaired) electrons. The van der Waals surface area contributed by atoms with E-state index in [1.54, 1.807) is 11.8 Å². The number of nitrogens with zero attached hydrogens (tertiary/aromatic N) is 4. The van der Waals surface area contributed by atoms with E-state index in [4.69, 9.17) is 14.8 Å². The second-order valence-electron chi connectivity index (χ2n) is 8.78. The van der Waals surface area contributed by atoms with Gasteiger partial charge in [-0.1, -0.05) is 42.5 Å². The van der Waals surface area contributed by atoms with Gasteiger partial charge < -0.3 is 20.3 Å². The lowest BCUT2D eigenvalue weighted by molar-refractivity contribution is -0.113. The van der Waals surface area contributed by atoms with Crippen molar-refractivity contribution in [3.63, 3.8) is 0 Å². The van der Waals surface area contributed by atoms with Gasteiger partial charge in [0.1, 0.15) is 11.8 Å². The summed E-state index contributed by atoms with van der Waals surface area (Å²) in [5, 5.41) is 11.2. The highest BCUT2D eigenvalue weighted by molar-refractivity contribution is 6.06. The van der Waals surface area contributed by atoms with Crippen molar-refractivity contribution in [2.45, 2.75) is 13.0 Å². The van der Waals surface area contributed by atoms with Gasteiger partial charge in [0.05, 0.1) is 18.4 Å². The molecule has 5 rings (SSSR count). The molecule has 2 heterocycles. The third-order valence-electron chi connectivity index (χ3n) is 6.21. The van der Waals surface area contributed by atoms with Gasteiger partial charge in [0.2, 0.25) is 5.95 Å². The van der Waals surface area contributed by atoms with Crippen molar-refractivity contribution in [2.24, 2.45) is 0 Å². The number of nitrogens with one attached hydrogen (secondary N) is 2. The van der Waals surface area contributed by atoms with Crippen LogP contribution in [0.25, 0.3) is 11.4 Å². The van der Waals surface area contributed by atoms with Gasteiger partial charge in [0, 0.05) is 31.0 Å². The molecule has 3 aromatic carbocycles. The molecule has 0 spiro atoms. The second-order valence-corrected chi connectivity index (χ2v) is 8.78. The van der Waals surface area contributed by atoms with Crippen LogP contribution in [0.2, 0.25) is 0 Å². The van der Waals surface area contributed by atoms with Gasteiger partial charge in [-0.25, -0.2) is 4.68 Å². The van der Waals surface area contributed by atoms with E-state index in [1.165, 1.54) is 0 Å². The minimum absolute atomic E-state index is 0.239. The maximum Gasteiger partial charge on any atom is 0.255 e. The molecule has 36 heavy (non-hydrogen) atoms. The SMILES string of the molecule is COc1ccccc1NC(=O)C1=C(C)Nc2nc(-c3ccc(N(C)C)cc3)nn2C1c1ccccc1. The molecule has 1 amide bonds. The Morgan fingerprint density at radius 3 is 2.39 bits per heavy atom. The number of aromatic nitrogens is 3. The highest BCUT2D eigenvalue weighted by Crippen LogP contribution is 2.37. The number of methoxy groups -OCH3 is 1. The molecule has 1 aromatic heterocycles. The number of allylic oxidation sites excluding steroid dienone is 1. The summed E-state index contributed by atoms with van der Waals surface area (Å²) in [7, 11) is 5.59. The number of hydrogen-bond donors (Lipinski definition) is 2. The van der Waals surface area contributed by atoms with Crippen LogP contribution in [-0.4, -0.2) is 41.9 Å². The molecule has 0 saturated carbocycles. The number of benzene rings is 3. The average Bonchev–Trinajstić information content (AvgIpc) is 3.32. The Bertz CT molecular complexity index is 1420. The number of anilines is 3. The Balaban J connectivity index is 1.56. The normalized spacial score (nSPS) is 14.6. The number of para-hydroxylation sites is 2. The van der Waals surface area contributed by atoms with Crippen LogP contribution in [0.1, 0.15) is 18.5 Å². The molecule has 8 nitrogen and oxygen atoms in total. The van der Waals surface area contributed by atoms with E-state index in [2.05, 4.69) is 10.6 Å². The van der Waals surface area contributed by atoms with Crippen molar-refractivity contribution in [2.75, 3.05) is 36.7 Å². The number of carbonyl (C=O) groups is 1. The molecular weight excluding hydrogens is 452 g/mol. The summed E-state index contributed by atoms with van der Waals surface area (Å²) >= 11 is 0. The number of ether oxygens (including phenoxy) is 1. The molecule has 1 aliphatic rings. The quantitative estimate of drug-likeness (QED) is 0.406. The van der Waals surface area contributed by atoms with Gasteiger partial charge in [0.15, 0.2) is 5.82 Å². The first kappa shape index (κ1) is 23.2. The van der Waals surface area contributed by atoms with Gasteiger partial charge in [-0.2, -0.15) is 4.98 Å². The summed E-state index contributed by atoms with van der Waals surface area (Å²) in [4.78, 5) is 20.5. The summed E-state index contributed by atoms with van der Waals surface area (Å²) in [6.07, 6.45) is 0. The predicted molar refractivity (Wildman–Crippen MR) is 142 cm³/mol. The molecule has 1 atom stereocenters. The summed E-state index contributed by atoms with van der Waals surface area (Å²) in [5.41, 5.74) is 4.79. The lowest BCUT2D eigenvalue weighted by Gasteiger charge is -2.28. The molecule has 1 unspecified atom stereocenters. The van der Waals surface area contributed by atoms with Crippen molar-refractivity contribution in [1.82, 2.24) is 14.8 Å². The topological polar surface area (TPSA) is 84.3 Å². The van der Waals surface area contributed by atoms with E-state index in [0.29, 0.717) is 34.5 Å². The number of fused-ring (bicyclic) bond motifs is 1. The predicted octanol–water partition coefficient (Wildman–Crippen LogP) is 4.95. The maximum absolute atomic E-state index is 13.7. The molecule has 0 bridgehead atoms. The number of amides is 1. The minimum atomic E-state index is -0.459. The smallest absolute Gasteiger partial charge is 0.255 e. The summed E-state index contributed by atoms with van der Waals surface area (Å²) < 4.78 is 7.21.